The second kappa shape index (κ2) is 9.04. The maximum atomic E-state index is 12.8. The summed E-state index contributed by atoms with van der Waals surface area (Å²) < 4.78 is 5.34. The molecule has 0 fully saturated rings. The summed E-state index contributed by atoms with van der Waals surface area (Å²) in [5.74, 6) is -1.23. The molecule has 0 spiro atoms. The number of hydrogen-bond donors (Lipinski definition) is 2. The number of ether oxygens (including phenoxy) is 1. The van der Waals surface area contributed by atoms with Crippen molar-refractivity contribution in [2.24, 2.45) is 0 Å². The van der Waals surface area contributed by atoms with Gasteiger partial charge in [-0.15, -0.1) is 0 Å². The number of nitrogens with zero attached hydrogens (tertiary/aromatic N) is 1. The van der Waals surface area contributed by atoms with Crippen LogP contribution in [0.3, 0.4) is 0 Å². The smallest absolute Gasteiger partial charge is 0.329 e. The van der Waals surface area contributed by atoms with Gasteiger partial charge in [0.1, 0.15) is 6.04 Å². The highest BCUT2D eigenvalue weighted by Gasteiger charge is 2.26. The van der Waals surface area contributed by atoms with Crippen molar-refractivity contribution in [3.05, 3.63) is 65.9 Å². The number of aryl methyl sites for hydroxylation is 1. The molecule has 1 aliphatic heterocycles. The second-order valence-corrected chi connectivity index (χ2v) is 7.70. The number of hydrogen-bond acceptors (Lipinski definition) is 4. The van der Waals surface area contributed by atoms with Gasteiger partial charge in [-0.3, -0.25) is 9.59 Å². The maximum absolute atomic E-state index is 12.8. The maximum Gasteiger partial charge on any atom is 0.329 e. The number of aromatic amines is 1. The Labute approximate surface area is 180 Å². The van der Waals surface area contributed by atoms with Gasteiger partial charge in [0, 0.05) is 42.7 Å². The number of fused-ring (bicyclic) bond motifs is 2. The Bertz CT molecular complexity index is 1120. The van der Waals surface area contributed by atoms with Crippen LogP contribution in [0.15, 0.2) is 54.7 Å². The summed E-state index contributed by atoms with van der Waals surface area (Å²) in [6, 6.07) is 14.6. The van der Waals surface area contributed by atoms with Crippen molar-refractivity contribution in [1.29, 1.82) is 0 Å². The summed E-state index contributed by atoms with van der Waals surface area (Å²) in [6.07, 6.45) is 3.88. The lowest BCUT2D eigenvalue weighted by Gasteiger charge is -2.29. The highest BCUT2D eigenvalue weighted by atomic mass is 16.5. The average Bonchev–Trinajstić information content (AvgIpc) is 3.19. The van der Waals surface area contributed by atoms with Crippen LogP contribution in [0.4, 0.5) is 5.69 Å². The minimum atomic E-state index is -0.877. The molecule has 0 saturated heterocycles. The molecule has 1 aromatic heterocycles. The van der Waals surface area contributed by atoms with Crippen LogP contribution in [0.2, 0.25) is 0 Å². The fraction of sp³-hybridized carbons (Fsp3) is 0.292. The van der Waals surface area contributed by atoms with Gasteiger partial charge in [0.05, 0.1) is 0 Å². The quantitative estimate of drug-likeness (QED) is 0.601. The third-order valence-corrected chi connectivity index (χ3v) is 5.51. The van der Waals surface area contributed by atoms with Crippen LogP contribution in [0.25, 0.3) is 10.9 Å². The van der Waals surface area contributed by atoms with Gasteiger partial charge in [-0.2, -0.15) is 0 Å². The van der Waals surface area contributed by atoms with E-state index in [1.54, 1.807) is 4.90 Å². The first kappa shape index (κ1) is 20.7. The molecule has 31 heavy (non-hydrogen) atoms. The Hall–Kier alpha value is -3.61. The van der Waals surface area contributed by atoms with E-state index in [1.165, 1.54) is 6.92 Å². The minimum absolute atomic E-state index is 0.267. The lowest BCUT2D eigenvalue weighted by molar-refractivity contribution is -0.151. The molecule has 7 heteroatoms. The molecular weight excluding hydrogens is 394 g/mol. The second-order valence-electron chi connectivity index (χ2n) is 7.70. The number of H-pyrrole nitrogens is 1. The van der Waals surface area contributed by atoms with Gasteiger partial charge in [0.15, 0.2) is 6.61 Å². The largest absolute Gasteiger partial charge is 0.454 e. The van der Waals surface area contributed by atoms with Crippen LogP contribution in [-0.2, 0) is 32.0 Å². The van der Waals surface area contributed by atoms with E-state index >= 15 is 0 Å². The standard InChI is InChI=1S/C24H25N3O4/c1-16(28)26-21(13-18-14-25-20-10-4-3-9-19(18)20)24(30)31-15-23(29)27-12-6-8-17-7-2-5-11-22(17)27/h2-5,7,9-11,14,21,25H,6,8,12-13,15H2,1H3,(H,26,28)/t21-/m0/s1. The number of esters is 1. The van der Waals surface area contributed by atoms with Gasteiger partial charge in [0.2, 0.25) is 5.91 Å². The number of rotatable bonds is 6. The number of nitrogens with one attached hydrogen (secondary N) is 2. The van der Waals surface area contributed by atoms with Gasteiger partial charge in [0.25, 0.3) is 5.91 Å². The Morgan fingerprint density at radius 1 is 1.13 bits per heavy atom. The van der Waals surface area contributed by atoms with Crippen LogP contribution in [0, 0.1) is 0 Å². The molecule has 4 rings (SSSR count). The van der Waals surface area contributed by atoms with Crippen molar-refractivity contribution in [2.75, 3.05) is 18.1 Å². The van der Waals surface area contributed by atoms with E-state index in [1.807, 2.05) is 54.7 Å². The average molecular weight is 419 g/mol. The van der Waals surface area contributed by atoms with Gasteiger partial charge in [-0.25, -0.2) is 4.79 Å². The van der Waals surface area contributed by atoms with Crippen molar-refractivity contribution >= 4 is 34.4 Å². The van der Waals surface area contributed by atoms with Crippen LogP contribution < -0.4 is 10.2 Å². The number of para-hydroxylation sites is 2. The lowest BCUT2D eigenvalue weighted by atomic mass is 10.0. The molecule has 0 bridgehead atoms. The molecular formula is C24H25N3O4. The van der Waals surface area contributed by atoms with Crippen LogP contribution in [0.1, 0.15) is 24.5 Å². The molecule has 1 atom stereocenters. The molecule has 7 nitrogen and oxygen atoms in total. The predicted molar refractivity (Wildman–Crippen MR) is 118 cm³/mol. The number of benzene rings is 2. The molecule has 2 amide bonds. The summed E-state index contributed by atoms with van der Waals surface area (Å²) in [6.45, 7) is 1.58. The molecule has 2 N–H and O–H groups in total. The molecule has 2 aromatic carbocycles. The van der Waals surface area contributed by atoms with E-state index < -0.39 is 12.0 Å². The summed E-state index contributed by atoms with van der Waals surface area (Å²) in [7, 11) is 0. The van der Waals surface area contributed by atoms with Gasteiger partial charge in [-0.1, -0.05) is 36.4 Å². The third-order valence-electron chi connectivity index (χ3n) is 5.51. The fourth-order valence-corrected chi connectivity index (χ4v) is 4.06. The van der Waals surface area contributed by atoms with E-state index in [2.05, 4.69) is 10.3 Å². The normalized spacial score (nSPS) is 14.0. The number of carbonyl (C=O) groups is 3. The molecule has 0 unspecified atom stereocenters. The Morgan fingerprint density at radius 3 is 2.74 bits per heavy atom. The van der Waals surface area contributed by atoms with Crippen molar-refractivity contribution in [3.8, 4) is 0 Å². The zero-order valence-electron chi connectivity index (χ0n) is 17.4. The van der Waals surface area contributed by atoms with Crippen molar-refractivity contribution < 1.29 is 19.1 Å². The van der Waals surface area contributed by atoms with Crippen LogP contribution >= 0.6 is 0 Å². The number of carbonyl (C=O) groups excluding carboxylic acids is 3. The monoisotopic (exact) mass is 419 g/mol. The molecule has 1 aliphatic rings. The predicted octanol–water partition coefficient (Wildman–Crippen LogP) is 2.74. The fourth-order valence-electron chi connectivity index (χ4n) is 4.06. The molecule has 0 aliphatic carbocycles. The molecule has 160 valence electrons. The number of amides is 2. The molecule has 0 saturated carbocycles. The molecule has 0 radical (unpaired) electrons. The van der Waals surface area contributed by atoms with E-state index in [9.17, 15) is 14.4 Å². The first-order valence-electron chi connectivity index (χ1n) is 10.4. The topological polar surface area (TPSA) is 91.5 Å². The lowest BCUT2D eigenvalue weighted by Crippen LogP contribution is -2.44. The number of anilines is 1. The summed E-state index contributed by atoms with van der Waals surface area (Å²) in [4.78, 5) is 42.0. The molecule has 2 heterocycles. The third kappa shape index (κ3) is 4.60. The summed E-state index contributed by atoms with van der Waals surface area (Å²) in [5, 5.41) is 3.63. The Balaban J connectivity index is 1.43. The first-order chi connectivity index (χ1) is 15.0. The van der Waals surface area contributed by atoms with Crippen molar-refractivity contribution in [2.45, 2.75) is 32.2 Å². The summed E-state index contributed by atoms with van der Waals surface area (Å²) >= 11 is 0. The highest BCUT2D eigenvalue weighted by Crippen LogP contribution is 2.26. The van der Waals surface area contributed by atoms with Gasteiger partial charge < -0.3 is 19.9 Å². The van der Waals surface area contributed by atoms with Crippen molar-refractivity contribution in [3.63, 3.8) is 0 Å². The van der Waals surface area contributed by atoms with E-state index in [4.69, 9.17) is 4.74 Å². The van der Waals surface area contributed by atoms with E-state index in [-0.39, 0.29) is 24.8 Å². The Kier molecular flexibility index (Phi) is 6.02. The first-order valence-corrected chi connectivity index (χ1v) is 10.4. The number of aromatic nitrogens is 1. The minimum Gasteiger partial charge on any atom is -0.454 e. The van der Waals surface area contributed by atoms with Gasteiger partial charge >= 0.3 is 5.97 Å². The summed E-state index contributed by atoms with van der Waals surface area (Å²) in [5.41, 5.74) is 3.82. The van der Waals surface area contributed by atoms with E-state index in [0.29, 0.717) is 6.54 Å². The van der Waals surface area contributed by atoms with Crippen molar-refractivity contribution in [1.82, 2.24) is 10.3 Å². The van der Waals surface area contributed by atoms with Crippen LogP contribution in [-0.4, -0.2) is 42.0 Å². The zero-order chi connectivity index (χ0) is 21.8. The highest BCUT2D eigenvalue weighted by molar-refractivity contribution is 5.97. The van der Waals surface area contributed by atoms with Crippen LogP contribution in [0.5, 0.6) is 0 Å². The van der Waals surface area contributed by atoms with Gasteiger partial charge in [-0.05, 0) is 36.1 Å². The Morgan fingerprint density at radius 2 is 1.90 bits per heavy atom. The SMILES string of the molecule is CC(=O)N[C@@H](Cc1c[nH]c2ccccc12)C(=O)OCC(=O)N1CCCc2ccccc21. The zero-order valence-corrected chi connectivity index (χ0v) is 17.4. The molecule has 3 aromatic rings. The van der Waals surface area contributed by atoms with E-state index in [0.717, 1.165) is 40.6 Å².